The molecule has 0 fully saturated rings. The first-order valence-corrected chi connectivity index (χ1v) is 14.7. The maximum absolute atomic E-state index is 13.0. The Hall–Kier alpha value is -4.37. The second-order valence-corrected chi connectivity index (χ2v) is 11.7. The average Bonchev–Trinajstić information content (AvgIpc) is 3.17. The van der Waals surface area contributed by atoms with Crippen molar-refractivity contribution >= 4 is 27.8 Å². The molecule has 0 aliphatic heterocycles. The summed E-state index contributed by atoms with van der Waals surface area (Å²) >= 11 is 0. The van der Waals surface area contributed by atoms with Crippen molar-refractivity contribution in [2.75, 3.05) is 10.6 Å². The lowest BCUT2D eigenvalue weighted by atomic mass is 10.1. The SMILES string of the molecule is Cc1cc(C)cc(-n2c(C)cc(/C=N\NC(=O)[C@H](C)N(c3ccc(Oc4ccccc4)cc3)S(C)(=O)=O)c2C)c1. The number of carbonyl (C=O) groups is 1. The number of nitrogens with one attached hydrogen (secondary N) is 1. The summed E-state index contributed by atoms with van der Waals surface area (Å²) in [6, 6.07) is 23.1. The molecule has 1 aromatic heterocycles. The van der Waals surface area contributed by atoms with Gasteiger partial charge in [0.2, 0.25) is 10.0 Å². The van der Waals surface area contributed by atoms with Crippen LogP contribution >= 0.6 is 0 Å². The Morgan fingerprint density at radius 1 is 0.925 bits per heavy atom. The summed E-state index contributed by atoms with van der Waals surface area (Å²) in [5.41, 5.74) is 9.11. The third kappa shape index (κ3) is 6.60. The van der Waals surface area contributed by atoms with Crippen LogP contribution in [0.3, 0.4) is 0 Å². The molecule has 0 aliphatic carbocycles. The van der Waals surface area contributed by atoms with Gasteiger partial charge in [-0.25, -0.2) is 13.8 Å². The molecule has 40 heavy (non-hydrogen) atoms. The molecule has 1 atom stereocenters. The van der Waals surface area contributed by atoms with Gasteiger partial charge in [-0.05, 0) is 100 Å². The Kier molecular flexibility index (Phi) is 8.44. The second kappa shape index (κ2) is 11.8. The topological polar surface area (TPSA) is 93.0 Å². The molecule has 0 radical (unpaired) electrons. The lowest BCUT2D eigenvalue weighted by molar-refractivity contribution is -0.121. The summed E-state index contributed by atoms with van der Waals surface area (Å²) < 4.78 is 34.4. The highest BCUT2D eigenvalue weighted by Gasteiger charge is 2.29. The molecule has 1 amide bonds. The number of benzene rings is 3. The molecule has 1 N–H and O–H groups in total. The van der Waals surface area contributed by atoms with E-state index in [4.69, 9.17) is 4.74 Å². The highest BCUT2D eigenvalue weighted by molar-refractivity contribution is 7.92. The Labute approximate surface area is 236 Å². The summed E-state index contributed by atoms with van der Waals surface area (Å²) in [4.78, 5) is 13.0. The van der Waals surface area contributed by atoms with Crippen LogP contribution in [0.2, 0.25) is 0 Å². The van der Waals surface area contributed by atoms with Crippen molar-refractivity contribution < 1.29 is 17.9 Å². The van der Waals surface area contributed by atoms with Crippen molar-refractivity contribution in [3.63, 3.8) is 0 Å². The van der Waals surface area contributed by atoms with Crippen molar-refractivity contribution in [1.82, 2.24) is 9.99 Å². The second-order valence-electron chi connectivity index (χ2n) is 9.89. The fourth-order valence-electron chi connectivity index (χ4n) is 4.75. The quantitative estimate of drug-likeness (QED) is 0.207. The number of hydrogen-bond donors (Lipinski definition) is 1. The summed E-state index contributed by atoms with van der Waals surface area (Å²) in [7, 11) is -3.78. The Morgan fingerprint density at radius 2 is 1.52 bits per heavy atom. The van der Waals surface area contributed by atoms with E-state index in [0.717, 1.165) is 33.2 Å². The van der Waals surface area contributed by atoms with E-state index < -0.39 is 22.0 Å². The first-order valence-electron chi connectivity index (χ1n) is 12.9. The highest BCUT2D eigenvalue weighted by Crippen LogP contribution is 2.27. The largest absolute Gasteiger partial charge is 0.457 e. The van der Waals surface area contributed by atoms with Gasteiger partial charge in [0.15, 0.2) is 0 Å². The molecule has 0 saturated carbocycles. The number of anilines is 1. The van der Waals surface area contributed by atoms with Crippen LogP contribution in [-0.4, -0.2) is 37.4 Å². The molecular formula is C31H34N4O4S. The third-order valence-corrected chi connectivity index (χ3v) is 7.71. The number of nitrogens with zero attached hydrogens (tertiary/aromatic N) is 3. The van der Waals surface area contributed by atoms with E-state index in [2.05, 4.69) is 47.1 Å². The smallest absolute Gasteiger partial charge is 0.263 e. The predicted octanol–water partition coefficient (Wildman–Crippen LogP) is 5.81. The molecule has 9 heteroatoms. The van der Waals surface area contributed by atoms with Gasteiger partial charge >= 0.3 is 0 Å². The lowest BCUT2D eigenvalue weighted by Crippen LogP contribution is -2.46. The zero-order chi connectivity index (χ0) is 29.0. The monoisotopic (exact) mass is 558 g/mol. The van der Waals surface area contributed by atoms with Crippen LogP contribution in [0.4, 0.5) is 5.69 Å². The fraction of sp³-hybridized carbons (Fsp3) is 0.226. The molecule has 1 heterocycles. The highest BCUT2D eigenvalue weighted by atomic mass is 32.2. The van der Waals surface area contributed by atoms with E-state index in [1.54, 1.807) is 30.5 Å². The molecule has 4 aromatic rings. The molecular weight excluding hydrogens is 524 g/mol. The summed E-state index contributed by atoms with van der Waals surface area (Å²) in [5, 5.41) is 4.15. The van der Waals surface area contributed by atoms with Crippen LogP contribution in [0.1, 0.15) is 35.0 Å². The molecule has 3 aromatic carbocycles. The number of hydrazone groups is 1. The van der Waals surface area contributed by atoms with Crippen LogP contribution in [0.25, 0.3) is 5.69 Å². The van der Waals surface area contributed by atoms with E-state index in [-0.39, 0.29) is 0 Å². The Balaban J connectivity index is 1.49. The zero-order valence-corrected chi connectivity index (χ0v) is 24.4. The average molecular weight is 559 g/mol. The van der Waals surface area contributed by atoms with Gasteiger partial charge in [0, 0.05) is 22.6 Å². The van der Waals surface area contributed by atoms with Gasteiger partial charge in [0.25, 0.3) is 5.91 Å². The van der Waals surface area contributed by atoms with E-state index in [1.807, 2.05) is 50.2 Å². The summed E-state index contributed by atoms with van der Waals surface area (Å²) in [6.07, 6.45) is 2.64. The molecule has 8 nitrogen and oxygen atoms in total. The maximum Gasteiger partial charge on any atom is 0.263 e. The first-order chi connectivity index (χ1) is 18.9. The van der Waals surface area contributed by atoms with E-state index >= 15 is 0 Å². The third-order valence-electron chi connectivity index (χ3n) is 6.47. The number of rotatable bonds is 9. The van der Waals surface area contributed by atoms with Gasteiger partial charge in [0.05, 0.1) is 18.2 Å². The van der Waals surface area contributed by atoms with E-state index in [1.165, 1.54) is 18.1 Å². The van der Waals surface area contributed by atoms with Gasteiger partial charge in [-0.2, -0.15) is 5.10 Å². The van der Waals surface area contributed by atoms with Crippen LogP contribution < -0.4 is 14.5 Å². The summed E-state index contributed by atoms with van der Waals surface area (Å²) in [5.74, 6) is 0.647. The van der Waals surface area contributed by atoms with E-state index in [9.17, 15) is 13.2 Å². The summed E-state index contributed by atoms with van der Waals surface area (Å²) in [6.45, 7) is 9.66. The first kappa shape index (κ1) is 28.6. The minimum absolute atomic E-state index is 0.339. The number of ether oxygens (including phenoxy) is 1. The predicted molar refractivity (Wildman–Crippen MR) is 160 cm³/mol. The molecule has 4 rings (SSSR count). The number of aryl methyl sites for hydroxylation is 3. The normalized spacial score (nSPS) is 12.3. The van der Waals surface area contributed by atoms with Crippen molar-refractivity contribution in [2.45, 2.75) is 40.7 Å². The van der Waals surface area contributed by atoms with Gasteiger partial charge in [-0.3, -0.25) is 9.10 Å². The number of sulfonamides is 1. The zero-order valence-electron chi connectivity index (χ0n) is 23.5. The van der Waals surface area contributed by atoms with Crippen LogP contribution in [0.5, 0.6) is 11.5 Å². The minimum atomic E-state index is -3.78. The molecule has 208 valence electrons. The van der Waals surface area contributed by atoms with Gasteiger partial charge in [-0.15, -0.1) is 0 Å². The van der Waals surface area contributed by atoms with Crippen molar-refractivity contribution in [3.05, 3.63) is 107 Å². The minimum Gasteiger partial charge on any atom is -0.457 e. The number of carbonyl (C=O) groups excluding carboxylic acids is 1. The number of aromatic nitrogens is 1. The number of hydrogen-bond acceptors (Lipinski definition) is 5. The van der Waals surface area contributed by atoms with Crippen LogP contribution in [0.15, 0.2) is 84.0 Å². The van der Waals surface area contributed by atoms with Crippen LogP contribution in [0, 0.1) is 27.7 Å². The number of para-hydroxylation sites is 1. The molecule has 0 unspecified atom stereocenters. The van der Waals surface area contributed by atoms with Gasteiger partial charge in [-0.1, -0.05) is 24.3 Å². The standard InChI is InChI=1S/C31H34N4O4S/c1-21-16-22(2)18-28(17-21)34-23(3)19-26(24(34)4)20-32-33-31(36)25(5)35(40(6,37)38)27-12-14-30(15-13-27)39-29-10-8-7-9-11-29/h7-20,25H,1-6H3,(H,33,36)/b32-20-/t25-/m0/s1. The van der Waals surface area contributed by atoms with Crippen molar-refractivity contribution in [1.29, 1.82) is 0 Å². The number of amides is 1. The molecule has 0 spiro atoms. The van der Waals surface area contributed by atoms with Gasteiger partial charge in [0.1, 0.15) is 17.5 Å². The fourth-order valence-corrected chi connectivity index (χ4v) is 5.92. The Bertz CT molecular complexity index is 1620. The van der Waals surface area contributed by atoms with Gasteiger partial charge < -0.3 is 9.30 Å². The maximum atomic E-state index is 13.0. The van der Waals surface area contributed by atoms with Crippen molar-refractivity contribution in [3.8, 4) is 17.2 Å². The molecule has 0 aliphatic rings. The lowest BCUT2D eigenvalue weighted by Gasteiger charge is -2.27. The van der Waals surface area contributed by atoms with E-state index in [0.29, 0.717) is 17.2 Å². The Morgan fingerprint density at radius 3 is 2.12 bits per heavy atom. The van der Waals surface area contributed by atoms with Crippen molar-refractivity contribution in [2.24, 2.45) is 5.10 Å². The molecule has 0 bridgehead atoms. The molecule has 0 saturated heterocycles. The van der Waals surface area contributed by atoms with Crippen LogP contribution in [-0.2, 0) is 14.8 Å².